The highest BCUT2D eigenvalue weighted by Gasteiger charge is 2.30. The van der Waals surface area contributed by atoms with E-state index < -0.39 is 11.9 Å². The van der Waals surface area contributed by atoms with Crippen molar-refractivity contribution in [1.82, 2.24) is 0 Å². The highest BCUT2D eigenvalue weighted by molar-refractivity contribution is 5.94. The van der Waals surface area contributed by atoms with E-state index in [1.165, 1.54) is 16.7 Å². The van der Waals surface area contributed by atoms with Crippen molar-refractivity contribution in [3.05, 3.63) is 81.9 Å². The molecule has 0 unspecified atom stereocenters. The lowest BCUT2D eigenvalue weighted by molar-refractivity contribution is -0.137. The van der Waals surface area contributed by atoms with E-state index in [-0.39, 0.29) is 18.4 Å². The van der Waals surface area contributed by atoms with Crippen molar-refractivity contribution in [3.8, 4) is 22.6 Å². The first-order chi connectivity index (χ1) is 16.3. The predicted molar refractivity (Wildman–Crippen MR) is 128 cm³/mol. The first-order valence-electron chi connectivity index (χ1n) is 11.5. The topological polar surface area (TPSA) is 98.9 Å². The van der Waals surface area contributed by atoms with Crippen molar-refractivity contribution in [2.75, 3.05) is 6.61 Å². The molecule has 0 saturated heterocycles. The molecule has 3 aromatic carbocycles. The van der Waals surface area contributed by atoms with Crippen molar-refractivity contribution in [2.45, 2.75) is 45.1 Å². The number of nitrogens with two attached hydrogens (primary N) is 1. The fraction of sp³-hybridized carbons (Fsp3) is 0.286. The Labute approximate surface area is 198 Å². The van der Waals surface area contributed by atoms with Gasteiger partial charge in [0.2, 0.25) is 5.91 Å². The van der Waals surface area contributed by atoms with E-state index in [0.29, 0.717) is 17.9 Å². The predicted octanol–water partition coefficient (Wildman–Crippen LogP) is 5.09. The number of benzene rings is 3. The maximum Gasteiger partial charge on any atom is 0.304 e. The number of aryl methyl sites for hydroxylation is 2. The molecule has 1 heterocycles. The molecule has 0 saturated carbocycles. The summed E-state index contributed by atoms with van der Waals surface area (Å²) in [6, 6.07) is 15.7. The number of aliphatic carboxylic acids is 1. The summed E-state index contributed by atoms with van der Waals surface area (Å²) >= 11 is 0. The maximum absolute atomic E-state index is 11.7. The van der Waals surface area contributed by atoms with Gasteiger partial charge in [-0.1, -0.05) is 24.3 Å². The number of rotatable bonds is 6. The molecule has 1 aliphatic carbocycles. The summed E-state index contributed by atoms with van der Waals surface area (Å²) in [6.45, 7) is 4.41. The highest BCUT2D eigenvalue weighted by atomic mass is 16.5. The first-order valence-corrected chi connectivity index (χ1v) is 11.5. The smallest absolute Gasteiger partial charge is 0.304 e. The summed E-state index contributed by atoms with van der Waals surface area (Å²) in [5.41, 5.74) is 13.7. The Morgan fingerprint density at radius 2 is 1.85 bits per heavy atom. The molecule has 3 aromatic rings. The number of carboxylic acid groups (broad SMARTS) is 1. The number of hydrogen-bond acceptors (Lipinski definition) is 4. The van der Waals surface area contributed by atoms with Gasteiger partial charge < -0.3 is 20.3 Å². The molecule has 6 heteroatoms. The summed E-state index contributed by atoms with van der Waals surface area (Å²) < 4.78 is 12.1. The highest BCUT2D eigenvalue weighted by Crippen LogP contribution is 2.44. The van der Waals surface area contributed by atoms with Gasteiger partial charge in [0.05, 0.1) is 13.0 Å². The van der Waals surface area contributed by atoms with Gasteiger partial charge in [-0.3, -0.25) is 9.59 Å². The molecule has 0 aromatic heterocycles. The molecule has 0 fully saturated rings. The van der Waals surface area contributed by atoms with Crippen LogP contribution >= 0.6 is 0 Å². The van der Waals surface area contributed by atoms with Crippen LogP contribution < -0.4 is 15.2 Å². The average molecular weight is 458 g/mol. The zero-order chi connectivity index (χ0) is 24.0. The van der Waals surface area contributed by atoms with Crippen molar-refractivity contribution >= 4 is 11.9 Å². The molecule has 6 nitrogen and oxygen atoms in total. The Morgan fingerprint density at radius 1 is 1.09 bits per heavy atom. The van der Waals surface area contributed by atoms with Crippen LogP contribution in [0.15, 0.2) is 48.5 Å². The SMILES string of the molecule is Cc1cc(C(N)=O)cc(C)c1-c1cccc2c1CC[C@H]2Oc1ccc2c(c1)OC[C@H]2CC(=O)O. The molecular formula is C28H27NO5. The van der Waals surface area contributed by atoms with Gasteiger partial charge in [0, 0.05) is 23.1 Å². The molecule has 174 valence electrons. The molecule has 5 rings (SSSR count). The van der Waals surface area contributed by atoms with Crippen LogP contribution in [0.25, 0.3) is 11.1 Å². The standard InChI is InChI=1S/C28H27NO5/c1-15-10-17(28(29)32)11-16(2)27(15)23-5-3-4-22-21(23)8-9-24(22)34-19-6-7-20-18(12-26(30)31)14-33-25(20)13-19/h3-7,10-11,13,18,24H,8-9,12,14H2,1-2H3,(H2,29,32)(H,30,31)/t18-,24-/m1/s1. The molecular weight excluding hydrogens is 430 g/mol. The van der Waals surface area contributed by atoms with E-state index in [1.807, 2.05) is 44.2 Å². The normalized spacial score (nSPS) is 18.2. The molecule has 2 atom stereocenters. The first kappa shape index (κ1) is 22.0. The molecule has 0 spiro atoms. The second kappa shape index (κ2) is 8.52. The third-order valence-corrected chi connectivity index (χ3v) is 6.87. The molecule has 0 bridgehead atoms. The lowest BCUT2D eigenvalue weighted by Gasteiger charge is -2.18. The van der Waals surface area contributed by atoms with Crippen LogP contribution in [-0.4, -0.2) is 23.6 Å². The van der Waals surface area contributed by atoms with Gasteiger partial charge in [-0.15, -0.1) is 0 Å². The fourth-order valence-electron chi connectivity index (χ4n) is 5.38. The fourth-order valence-corrected chi connectivity index (χ4v) is 5.38. The Balaban J connectivity index is 1.42. The van der Waals surface area contributed by atoms with Crippen molar-refractivity contribution in [1.29, 1.82) is 0 Å². The van der Waals surface area contributed by atoms with Crippen LogP contribution in [0.2, 0.25) is 0 Å². The largest absolute Gasteiger partial charge is 0.492 e. The summed E-state index contributed by atoms with van der Waals surface area (Å²) in [5, 5.41) is 9.11. The lowest BCUT2D eigenvalue weighted by Crippen LogP contribution is -2.11. The second-order valence-electron chi connectivity index (χ2n) is 9.17. The number of fused-ring (bicyclic) bond motifs is 2. The third-order valence-electron chi connectivity index (χ3n) is 6.87. The average Bonchev–Trinajstić information content (AvgIpc) is 3.37. The third kappa shape index (κ3) is 3.89. The van der Waals surface area contributed by atoms with Gasteiger partial charge in [0.15, 0.2) is 0 Å². The number of carboxylic acids is 1. The molecule has 3 N–H and O–H groups in total. The Hall–Kier alpha value is -3.80. The summed E-state index contributed by atoms with van der Waals surface area (Å²) in [5.74, 6) is 0.0587. The Morgan fingerprint density at radius 3 is 2.56 bits per heavy atom. The number of primary amides is 1. The molecule has 0 radical (unpaired) electrons. The van der Waals surface area contributed by atoms with Crippen LogP contribution in [0.1, 0.15) is 63.0 Å². The van der Waals surface area contributed by atoms with E-state index in [0.717, 1.165) is 40.8 Å². The minimum Gasteiger partial charge on any atom is -0.492 e. The molecule has 1 aliphatic heterocycles. The zero-order valence-electron chi connectivity index (χ0n) is 19.3. The number of carbonyl (C=O) groups excluding carboxylic acids is 1. The maximum atomic E-state index is 11.7. The van der Waals surface area contributed by atoms with Crippen molar-refractivity contribution in [2.24, 2.45) is 5.73 Å². The lowest BCUT2D eigenvalue weighted by atomic mass is 9.89. The van der Waals surface area contributed by atoms with E-state index in [9.17, 15) is 9.59 Å². The quantitative estimate of drug-likeness (QED) is 0.537. The number of carbonyl (C=O) groups is 2. The van der Waals surface area contributed by atoms with E-state index >= 15 is 0 Å². The summed E-state index contributed by atoms with van der Waals surface area (Å²) in [4.78, 5) is 22.8. The molecule has 2 aliphatic rings. The van der Waals surface area contributed by atoms with Crippen LogP contribution in [0.4, 0.5) is 0 Å². The van der Waals surface area contributed by atoms with Crippen LogP contribution in [0, 0.1) is 13.8 Å². The van der Waals surface area contributed by atoms with E-state index in [4.69, 9.17) is 20.3 Å². The Bertz CT molecular complexity index is 1290. The van der Waals surface area contributed by atoms with Gasteiger partial charge >= 0.3 is 5.97 Å². The number of amides is 1. The van der Waals surface area contributed by atoms with Crippen LogP contribution in [-0.2, 0) is 11.2 Å². The van der Waals surface area contributed by atoms with E-state index in [1.54, 1.807) is 0 Å². The summed E-state index contributed by atoms with van der Waals surface area (Å²) in [6.07, 6.45) is 1.75. The number of ether oxygens (including phenoxy) is 2. The van der Waals surface area contributed by atoms with Gasteiger partial charge in [-0.05, 0) is 78.3 Å². The van der Waals surface area contributed by atoms with E-state index in [2.05, 4.69) is 18.2 Å². The number of hydrogen-bond donors (Lipinski definition) is 2. The van der Waals surface area contributed by atoms with Crippen LogP contribution in [0.3, 0.4) is 0 Å². The minimum absolute atomic E-state index is 0.0607. The summed E-state index contributed by atoms with van der Waals surface area (Å²) in [7, 11) is 0. The van der Waals surface area contributed by atoms with Crippen molar-refractivity contribution < 1.29 is 24.2 Å². The zero-order valence-corrected chi connectivity index (χ0v) is 19.3. The molecule has 34 heavy (non-hydrogen) atoms. The molecule has 1 amide bonds. The monoisotopic (exact) mass is 457 g/mol. The van der Waals surface area contributed by atoms with Gasteiger partial charge in [0.25, 0.3) is 0 Å². The van der Waals surface area contributed by atoms with Gasteiger partial charge in [-0.25, -0.2) is 0 Å². The second-order valence-corrected chi connectivity index (χ2v) is 9.17. The Kier molecular flexibility index (Phi) is 5.52. The van der Waals surface area contributed by atoms with Gasteiger partial charge in [-0.2, -0.15) is 0 Å². The minimum atomic E-state index is -0.824. The van der Waals surface area contributed by atoms with Crippen molar-refractivity contribution in [3.63, 3.8) is 0 Å². The van der Waals surface area contributed by atoms with Gasteiger partial charge in [0.1, 0.15) is 17.6 Å². The van der Waals surface area contributed by atoms with Crippen LogP contribution in [0.5, 0.6) is 11.5 Å².